The third-order valence-electron chi connectivity index (χ3n) is 14.5. The quantitative estimate of drug-likeness (QED) is 0.0261. The number of ether oxygens (including phenoxy) is 3. The summed E-state index contributed by atoms with van der Waals surface area (Å²) in [7, 11) is 0. The van der Waals surface area contributed by atoms with Gasteiger partial charge >= 0.3 is 17.9 Å². The maximum Gasteiger partial charge on any atom is 0.306 e. The van der Waals surface area contributed by atoms with E-state index in [-0.39, 0.29) is 31.1 Å². The van der Waals surface area contributed by atoms with Crippen molar-refractivity contribution >= 4 is 17.9 Å². The summed E-state index contributed by atoms with van der Waals surface area (Å²) < 4.78 is 16.9. The van der Waals surface area contributed by atoms with E-state index in [9.17, 15) is 14.4 Å². The lowest BCUT2D eigenvalue weighted by Crippen LogP contribution is -2.30. The van der Waals surface area contributed by atoms with Crippen molar-refractivity contribution in [3.8, 4) is 0 Å². The second kappa shape index (κ2) is 66.8. The Labute approximate surface area is 489 Å². The van der Waals surface area contributed by atoms with Gasteiger partial charge in [-0.05, 0) is 122 Å². The van der Waals surface area contributed by atoms with Crippen LogP contribution >= 0.6 is 0 Å². The first kappa shape index (κ1) is 75.3. The number of esters is 3. The van der Waals surface area contributed by atoms with Crippen LogP contribution in [0.25, 0.3) is 0 Å². The Balaban J connectivity index is 4.28. The van der Waals surface area contributed by atoms with Crippen LogP contribution in [0.1, 0.15) is 329 Å². The van der Waals surface area contributed by atoms with Gasteiger partial charge in [-0.1, -0.05) is 285 Å². The number of hydrogen-bond donors (Lipinski definition) is 0. The zero-order valence-corrected chi connectivity index (χ0v) is 52.1. The van der Waals surface area contributed by atoms with Crippen molar-refractivity contribution in [2.24, 2.45) is 0 Å². The number of unbranched alkanes of at least 4 members (excludes halogenated alkanes) is 34. The maximum atomic E-state index is 12.9. The minimum Gasteiger partial charge on any atom is -0.462 e. The molecule has 0 radical (unpaired) electrons. The van der Waals surface area contributed by atoms with E-state index in [2.05, 4.69) is 118 Å². The molecule has 0 fully saturated rings. The lowest BCUT2D eigenvalue weighted by atomic mass is 10.0. The SMILES string of the molecule is CC/C=C\C/C=C\C/C=C\CCCCCCCCCC(=O)OC(COC(=O)CCCCCCC/C=C\C/C=C\CCCCC)COC(=O)CCCCCCCCCCCCCCCC/C=C\C/C=C\C/C=C\CCCCCCC. The van der Waals surface area contributed by atoms with Gasteiger partial charge in [0.15, 0.2) is 6.10 Å². The topological polar surface area (TPSA) is 78.9 Å². The molecule has 0 aliphatic heterocycles. The molecule has 0 N–H and O–H groups in total. The van der Waals surface area contributed by atoms with Crippen LogP contribution in [0.4, 0.5) is 0 Å². The fraction of sp³-hybridized carbons (Fsp3) is 0.740. The molecule has 79 heavy (non-hydrogen) atoms. The summed E-state index contributed by atoms with van der Waals surface area (Å²) in [6, 6.07) is 0. The van der Waals surface area contributed by atoms with E-state index in [0.29, 0.717) is 19.3 Å². The summed E-state index contributed by atoms with van der Waals surface area (Å²) in [6.07, 6.45) is 89.9. The summed E-state index contributed by atoms with van der Waals surface area (Å²) >= 11 is 0. The van der Waals surface area contributed by atoms with Crippen LogP contribution in [0, 0.1) is 0 Å². The molecule has 0 bridgehead atoms. The molecule has 0 aliphatic rings. The molecule has 0 rings (SSSR count). The van der Waals surface area contributed by atoms with Gasteiger partial charge in [0.2, 0.25) is 0 Å². The Morgan fingerprint density at radius 2 is 0.494 bits per heavy atom. The first-order valence-electron chi connectivity index (χ1n) is 33.7. The van der Waals surface area contributed by atoms with Crippen molar-refractivity contribution in [2.75, 3.05) is 13.2 Å². The minimum atomic E-state index is -0.791. The zero-order valence-electron chi connectivity index (χ0n) is 52.1. The number of carbonyl (C=O) groups excluding carboxylic acids is 3. The molecule has 0 spiro atoms. The van der Waals surface area contributed by atoms with Crippen LogP contribution < -0.4 is 0 Å². The molecule has 0 heterocycles. The average molecular weight is 1100 g/mol. The summed E-state index contributed by atoms with van der Waals surface area (Å²) in [5, 5.41) is 0. The average Bonchev–Trinajstić information content (AvgIpc) is 3.45. The highest BCUT2D eigenvalue weighted by atomic mass is 16.6. The number of hydrogen-bond acceptors (Lipinski definition) is 6. The second-order valence-corrected chi connectivity index (χ2v) is 22.3. The maximum absolute atomic E-state index is 12.9. The highest BCUT2D eigenvalue weighted by Crippen LogP contribution is 2.16. The van der Waals surface area contributed by atoms with Crippen molar-refractivity contribution in [3.63, 3.8) is 0 Å². The van der Waals surface area contributed by atoms with Crippen molar-refractivity contribution in [3.05, 3.63) is 97.2 Å². The molecule has 0 saturated heterocycles. The normalized spacial score (nSPS) is 12.7. The smallest absolute Gasteiger partial charge is 0.306 e. The van der Waals surface area contributed by atoms with E-state index in [1.54, 1.807) is 0 Å². The largest absolute Gasteiger partial charge is 0.462 e. The van der Waals surface area contributed by atoms with E-state index in [0.717, 1.165) is 116 Å². The lowest BCUT2D eigenvalue weighted by molar-refractivity contribution is -0.167. The molecular formula is C73H126O6. The first-order valence-corrected chi connectivity index (χ1v) is 33.7. The van der Waals surface area contributed by atoms with Crippen molar-refractivity contribution < 1.29 is 28.6 Å². The minimum absolute atomic E-state index is 0.0853. The van der Waals surface area contributed by atoms with Gasteiger partial charge in [0.25, 0.3) is 0 Å². The first-order chi connectivity index (χ1) is 39.0. The molecule has 0 aromatic carbocycles. The molecular weight excluding hydrogens is 973 g/mol. The fourth-order valence-electron chi connectivity index (χ4n) is 9.50. The number of allylic oxidation sites excluding steroid dienone is 16. The number of rotatable bonds is 61. The predicted octanol–water partition coefficient (Wildman–Crippen LogP) is 23.2. The second-order valence-electron chi connectivity index (χ2n) is 22.3. The molecule has 6 nitrogen and oxygen atoms in total. The summed E-state index contributed by atoms with van der Waals surface area (Å²) in [6.45, 7) is 6.50. The lowest BCUT2D eigenvalue weighted by Gasteiger charge is -2.18. The van der Waals surface area contributed by atoms with Gasteiger partial charge in [-0.3, -0.25) is 14.4 Å². The molecule has 0 saturated carbocycles. The van der Waals surface area contributed by atoms with E-state index in [4.69, 9.17) is 14.2 Å². The molecule has 1 unspecified atom stereocenters. The monoisotopic (exact) mass is 1100 g/mol. The Bertz CT molecular complexity index is 1540. The van der Waals surface area contributed by atoms with Gasteiger partial charge in [-0.2, -0.15) is 0 Å². The molecule has 0 aliphatic carbocycles. The van der Waals surface area contributed by atoms with E-state index in [1.165, 1.54) is 173 Å². The van der Waals surface area contributed by atoms with Gasteiger partial charge in [0.1, 0.15) is 13.2 Å². The van der Waals surface area contributed by atoms with E-state index >= 15 is 0 Å². The van der Waals surface area contributed by atoms with Crippen LogP contribution in [0.3, 0.4) is 0 Å². The molecule has 0 amide bonds. The van der Waals surface area contributed by atoms with Crippen molar-refractivity contribution in [1.82, 2.24) is 0 Å². The summed E-state index contributed by atoms with van der Waals surface area (Å²) in [5.74, 6) is -0.899. The fourth-order valence-corrected chi connectivity index (χ4v) is 9.50. The molecule has 0 aromatic rings. The third-order valence-corrected chi connectivity index (χ3v) is 14.5. The van der Waals surface area contributed by atoms with Gasteiger partial charge in [-0.25, -0.2) is 0 Å². The van der Waals surface area contributed by atoms with E-state index < -0.39 is 6.10 Å². The van der Waals surface area contributed by atoms with Gasteiger partial charge in [0.05, 0.1) is 0 Å². The van der Waals surface area contributed by atoms with Crippen LogP contribution in [0.5, 0.6) is 0 Å². The standard InChI is InChI=1S/C73H126O6/c1-4-7-10-13-16-19-22-25-28-30-31-32-33-34-35-36-37-38-39-40-41-43-45-48-51-54-57-60-63-66-72(75)78-69-70(68-77-71(74)65-62-59-56-53-50-47-44-27-24-21-18-15-12-9-6-3)79-73(76)67-64-61-58-55-52-49-46-42-29-26-23-20-17-14-11-8-5-2/h8,11,17-18,20-22,25-27,29-31,33-34,44,70H,4-7,9-10,12-16,19,23-24,28,32,35-43,45-69H2,1-3H3/b11-8-,20-17-,21-18-,25-22-,29-26-,31-30-,34-33-,44-27-. The van der Waals surface area contributed by atoms with Crippen LogP contribution in [-0.2, 0) is 28.6 Å². The van der Waals surface area contributed by atoms with E-state index in [1.807, 2.05) is 0 Å². The predicted molar refractivity (Wildman–Crippen MR) is 344 cm³/mol. The van der Waals surface area contributed by atoms with Crippen molar-refractivity contribution in [2.45, 2.75) is 335 Å². The molecule has 454 valence electrons. The van der Waals surface area contributed by atoms with Crippen LogP contribution in [0.2, 0.25) is 0 Å². The molecule has 6 heteroatoms. The molecule has 1 atom stereocenters. The van der Waals surface area contributed by atoms with Crippen molar-refractivity contribution in [1.29, 1.82) is 0 Å². The van der Waals surface area contributed by atoms with Crippen LogP contribution in [0.15, 0.2) is 97.2 Å². The Kier molecular flexibility index (Phi) is 63.7. The highest BCUT2D eigenvalue weighted by molar-refractivity contribution is 5.71. The Hall–Kier alpha value is -3.67. The summed E-state index contributed by atoms with van der Waals surface area (Å²) in [4.78, 5) is 38.4. The van der Waals surface area contributed by atoms with Gasteiger partial charge < -0.3 is 14.2 Å². The van der Waals surface area contributed by atoms with Gasteiger partial charge in [-0.15, -0.1) is 0 Å². The Morgan fingerprint density at radius 3 is 0.797 bits per heavy atom. The summed E-state index contributed by atoms with van der Waals surface area (Å²) in [5.41, 5.74) is 0. The zero-order chi connectivity index (χ0) is 57.1. The highest BCUT2D eigenvalue weighted by Gasteiger charge is 2.19. The van der Waals surface area contributed by atoms with Gasteiger partial charge in [0, 0.05) is 19.3 Å². The number of carbonyl (C=O) groups is 3. The molecule has 0 aromatic heterocycles. The van der Waals surface area contributed by atoms with Crippen LogP contribution in [-0.4, -0.2) is 37.2 Å². The third kappa shape index (κ3) is 65.0. The Morgan fingerprint density at radius 1 is 0.266 bits per heavy atom.